The summed E-state index contributed by atoms with van der Waals surface area (Å²) < 4.78 is 11.9. The third-order valence-electron chi connectivity index (χ3n) is 1.25. The quantitative estimate of drug-likeness (QED) is 0.780. The third kappa shape index (κ3) is 2.18. The van der Waals surface area contributed by atoms with E-state index in [0.29, 0.717) is 8.95 Å². The molecule has 12 heavy (non-hydrogen) atoms. The van der Waals surface area contributed by atoms with Crippen molar-refractivity contribution in [2.75, 3.05) is 0 Å². The largest absolute Gasteiger partial charge is 0.357 e. The average Bonchev–Trinajstić information content (AvgIpc) is 1.92. The zero-order valence-corrected chi connectivity index (χ0v) is 9.80. The molecule has 0 spiro atoms. The van der Waals surface area contributed by atoms with Crippen LogP contribution in [0.25, 0.3) is 0 Å². The summed E-state index contributed by atoms with van der Waals surface area (Å²) in [5, 5.41) is -0.00289. The van der Waals surface area contributed by atoms with Crippen molar-refractivity contribution in [3.63, 3.8) is 0 Å². The van der Waals surface area contributed by atoms with Gasteiger partial charge < -0.3 is 9.79 Å². The van der Waals surface area contributed by atoms with Gasteiger partial charge in [0.2, 0.25) is 0 Å². The molecule has 0 aliphatic carbocycles. The predicted molar refractivity (Wildman–Crippen MR) is 53.5 cm³/mol. The van der Waals surface area contributed by atoms with Gasteiger partial charge in [0.25, 0.3) is 0 Å². The molecular formula is C6H5Br2O3P. The van der Waals surface area contributed by atoms with Crippen LogP contribution in [0.5, 0.6) is 0 Å². The maximum absolute atomic E-state index is 10.8. The van der Waals surface area contributed by atoms with E-state index in [2.05, 4.69) is 31.9 Å². The predicted octanol–water partition coefficient (Wildman–Crippen LogP) is 2.01. The van der Waals surface area contributed by atoms with E-state index in [4.69, 9.17) is 9.79 Å². The summed E-state index contributed by atoms with van der Waals surface area (Å²) >= 11 is 6.23. The summed E-state index contributed by atoms with van der Waals surface area (Å²) in [7, 11) is -4.16. The standard InChI is InChI=1S/C6H5Br2O3P/c7-4-2-1-3-5(6(4)8)12(9,10)11/h1-3H,(H2,9,10,11). The Balaban J connectivity index is 3.36. The van der Waals surface area contributed by atoms with E-state index in [0.717, 1.165) is 0 Å². The van der Waals surface area contributed by atoms with Crippen LogP contribution in [0.3, 0.4) is 0 Å². The summed E-state index contributed by atoms with van der Waals surface area (Å²) in [6.45, 7) is 0. The maximum atomic E-state index is 10.8. The van der Waals surface area contributed by atoms with E-state index in [9.17, 15) is 4.57 Å². The lowest BCUT2D eigenvalue weighted by atomic mass is 10.4. The van der Waals surface area contributed by atoms with Crippen molar-refractivity contribution in [3.8, 4) is 0 Å². The van der Waals surface area contributed by atoms with Gasteiger partial charge in [-0.2, -0.15) is 0 Å². The second kappa shape index (κ2) is 3.60. The molecule has 1 rings (SSSR count). The van der Waals surface area contributed by atoms with Crippen LogP contribution in [0.2, 0.25) is 0 Å². The second-order valence-electron chi connectivity index (χ2n) is 2.12. The minimum atomic E-state index is -4.16. The van der Waals surface area contributed by atoms with Crippen LogP contribution in [0.1, 0.15) is 0 Å². The Labute approximate surface area is 86.2 Å². The topological polar surface area (TPSA) is 57.5 Å². The van der Waals surface area contributed by atoms with Crippen LogP contribution in [0, 0.1) is 0 Å². The third-order valence-corrected chi connectivity index (χ3v) is 4.60. The van der Waals surface area contributed by atoms with Gasteiger partial charge in [0, 0.05) is 8.95 Å². The summed E-state index contributed by atoms with van der Waals surface area (Å²) in [6.07, 6.45) is 0. The molecule has 1 aromatic carbocycles. The van der Waals surface area contributed by atoms with Gasteiger partial charge >= 0.3 is 7.60 Å². The first-order valence-corrected chi connectivity index (χ1v) is 6.13. The minimum Gasteiger partial charge on any atom is -0.321 e. The van der Waals surface area contributed by atoms with Crippen LogP contribution in [-0.4, -0.2) is 9.79 Å². The molecule has 0 saturated carbocycles. The minimum absolute atomic E-state index is 0.00289. The first kappa shape index (κ1) is 10.4. The Morgan fingerprint density at radius 3 is 2.25 bits per heavy atom. The molecule has 0 aromatic heterocycles. The van der Waals surface area contributed by atoms with Crippen LogP contribution in [-0.2, 0) is 4.57 Å². The lowest BCUT2D eigenvalue weighted by Gasteiger charge is -2.06. The van der Waals surface area contributed by atoms with Gasteiger partial charge in [-0.25, -0.2) is 0 Å². The first-order chi connectivity index (χ1) is 5.43. The normalized spacial score (nSPS) is 11.7. The Morgan fingerprint density at radius 2 is 1.83 bits per heavy atom. The Bertz CT molecular complexity index is 347. The van der Waals surface area contributed by atoms with Gasteiger partial charge in [0.1, 0.15) is 0 Å². The van der Waals surface area contributed by atoms with E-state index >= 15 is 0 Å². The number of hydrogen-bond donors (Lipinski definition) is 2. The molecule has 1 aromatic rings. The highest BCUT2D eigenvalue weighted by atomic mass is 79.9. The second-order valence-corrected chi connectivity index (χ2v) is 5.33. The van der Waals surface area contributed by atoms with E-state index in [1.165, 1.54) is 6.07 Å². The molecule has 0 amide bonds. The van der Waals surface area contributed by atoms with Crippen LogP contribution < -0.4 is 5.30 Å². The van der Waals surface area contributed by atoms with E-state index in [1.54, 1.807) is 12.1 Å². The highest BCUT2D eigenvalue weighted by Gasteiger charge is 2.21. The fourth-order valence-electron chi connectivity index (χ4n) is 0.717. The maximum Gasteiger partial charge on any atom is 0.357 e. The van der Waals surface area contributed by atoms with Crippen molar-refractivity contribution in [1.29, 1.82) is 0 Å². The summed E-state index contributed by atoms with van der Waals surface area (Å²) in [4.78, 5) is 17.7. The highest BCUT2D eigenvalue weighted by molar-refractivity contribution is 9.13. The molecule has 0 aliphatic heterocycles. The van der Waals surface area contributed by atoms with E-state index in [-0.39, 0.29) is 5.30 Å². The lowest BCUT2D eigenvalue weighted by Crippen LogP contribution is -2.05. The zero-order chi connectivity index (χ0) is 9.35. The molecule has 3 nitrogen and oxygen atoms in total. The highest BCUT2D eigenvalue weighted by Crippen LogP contribution is 2.38. The molecule has 0 unspecified atom stereocenters. The Hall–Kier alpha value is 0.330. The van der Waals surface area contributed by atoms with Gasteiger partial charge in [-0.05, 0) is 44.0 Å². The molecule has 6 heteroatoms. The zero-order valence-electron chi connectivity index (χ0n) is 5.74. The first-order valence-electron chi connectivity index (χ1n) is 2.93. The van der Waals surface area contributed by atoms with Crippen LogP contribution in [0.4, 0.5) is 0 Å². The monoisotopic (exact) mass is 314 g/mol. The Kier molecular flexibility index (Phi) is 3.12. The molecule has 66 valence electrons. The van der Waals surface area contributed by atoms with Gasteiger partial charge in [-0.3, -0.25) is 4.57 Å². The van der Waals surface area contributed by atoms with Crippen LogP contribution in [0.15, 0.2) is 27.1 Å². The lowest BCUT2D eigenvalue weighted by molar-refractivity contribution is 0.387. The molecular weight excluding hydrogens is 311 g/mol. The molecule has 0 heterocycles. The summed E-state index contributed by atoms with van der Waals surface area (Å²) in [6, 6.07) is 4.65. The molecule has 0 radical (unpaired) electrons. The van der Waals surface area contributed by atoms with Crippen molar-refractivity contribution >= 4 is 44.8 Å². The van der Waals surface area contributed by atoms with Crippen molar-refractivity contribution in [1.82, 2.24) is 0 Å². The van der Waals surface area contributed by atoms with Crippen molar-refractivity contribution in [2.24, 2.45) is 0 Å². The van der Waals surface area contributed by atoms with Gasteiger partial charge in [-0.1, -0.05) is 6.07 Å². The van der Waals surface area contributed by atoms with E-state index in [1.807, 2.05) is 0 Å². The van der Waals surface area contributed by atoms with E-state index < -0.39 is 7.60 Å². The summed E-state index contributed by atoms with van der Waals surface area (Å²) in [5.41, 5.74) is 0. The number of rotatable bonds is 1. The number of hydrogen-bond acceptors (Lipinski definition) is 1. The fourth-order valence-corrected chi connectivity index (χ4v) is 2.85. The van der Waals surface area contributed by atoms with Gasteiger partial charge in [-0.15, -0.1) is 0 Å². The molecule has 0 aliphatic rings. The average molecular weight is 316 g/mol. The number of halogens is 2. The van der Waals surface area contributed by atoms with Gasteiger partial charge in [0.15, 0.2) is 0 Å². The van der Waals surface area contributed by atoms with Crippen molar-refractivity contribution < 1.29 is 14.4 Å². The SMILES string of the molecule is O=P(O)(O)c1cccc(Br)c1Br. The van der Waals surface area contributed by atoms with Crippen molar-refractivity contribution in [2.45, 2.75) is 0 Å². The molecule has 2 N–H and O–H groups in total. The Morgan fingerprint density at radius 1 is 1.25 bits per heavy atom. The smallest absolute Gasteiger partial charge is 0.321 e. The van der Waals surface area contributed by atoms with Crippen molar-refractivity contribution in [3.05, 3.63) is 27.1 Å². The molecule has 0 bridgehead atoms. The van der Waals surface area contributed by atoms with Crippen LogP contribution >= 0.6 is 39.5 Å². The van der Waals surface area contributed by atoms with Gasteiger partial charge in [0.05, 0.1) is 5.30 Å². The fraction of sp³-hybridized carbons (Fsp3) is 0. The molecule has 0 fully saturated rings. The summed E-state index contributed by atoms with van der Waals surface area (Å²) in [5.74, 6) is 0. The molecule has 0 saturated heterocycles. The number of benzene rings is 1. The molecule has 0 atom stereocenters.